The Kier molecular flexibility index (Phi) is 5.89. The largest absolute Gasteiger partial charge is 0.367 e. The van der Waals surface area contributed by atoms with Crippen molar-refractivity contribution in [3.8, 4) is 22.5 Å². The van der Waals surface area contributed by atoms with Crippen LogP contribution in [-0.4, -0.2) is 25.1 Å². The Bertz CT molecular complexity index is 1580. The molecule has 0 radical (unpaired) electrons. The van der Waals surface area contributed by atoms with Crippen LogP contribution in [0.2, 0.25) is 0 Å². The van der Waals surface area contributed by atoms with Gasteiger partial charge in [-0.05, 0) is 32.9 Å². The predicted octanol–water partition coefficient (Wildman–Crippen LogP) is 4.61. The SMILES string of the molecule is Cc1nc2n3c(c(-c4ccc(=O)n(C)c4)cc-2c(=N[C@H](C)c2cccc(C(F)F)c2F)n1)NC(C)C3. The van der Waals surface area contributed by atoms with Crippen LogP contribution in [0.15, 0.2) is 52.4 Å². The fourth-order valence-corrected chi connectivity index (χ4v) is 4.62. The van der Waals surface area contributed by atoms with Crippen LogP contribution in [0.25, 0.3) is 22.5 Å². The van der Waals surface area contributed by atoms with Crippen LogP contribution in [0.1, 0.15) is 43.3 Å². The van der Waals surface area contributed by atoms with Crippen molar-refractivity contribution >= 4 is 5.82 Å². The summed E-state index contributed by atoms with van der Waals surface area (Å²) in [6.07, 6.45) is -1.16. The number of rotatable bonds is 4. The highest BCUT2D eigenvalue weighted by atomic mass is 19.3. The summed E-state index contributed by atoms with van der Waals surface area (Å²) in [5.74, 6) is 1.05. The number of pyridine rings is 2. The lowest BCUT2D eigenvalue weighted by molar-refractivity contribution is 0.146. The number of nitrogens with zero attached hydrogens (tertiary/aromatic N) is 5. The Morgan fingerprint density at radius 3 is 2.61 bits per heavy atom. The highest BCUT2D eigenvalue weighted by molar-refractivity contribution is 5.82. The third-order valence-electron chi connectivity index (χ3n) is 6.38. The first-order chi connectivity index (χ1) is 17.1. The number of fused-ring (bicyclic) bond motifs is 3. The zero-order valence-corrected chi connectivity index (χ0v) is 20.3. The van der Waals surface area contributed by atoms with Gasteiger partial charge in [0.2, 0.25) is 5.56 Å². The van der Waals surface area contributed by atoms with Gasteiger partial charge < -0.3 is 14.5 Å². The molecule has 1 aromatic heterocycles. The summed E-state index contributed by atoms with van der Waals surface area (Å²) >= 11 is 0. The normalized spacial score (nSPS) is 16.4. The molecule has 2 aromatic rings. The maximum absolute atomic E-state index is 14.8. The average Bonchev–Trinajstić information content (AvgIpc) is 3.22. The van der Waals surface area contributed by atoms with Crippen molar-refractivity contribution in [1.29, 1.82) is 0 Å². The molecule has 36 heavy (non-hydrogen) atoms. The van der Waals surface area contributed by atoms with E-state index in [-0.39, 0.29) is 17.2 Å². The number of aryl methyl sites for hydroxylation is 2. The summed E-state index contributed by atoms with van der Waals surface area (Å²) < 4.78 is 44.9. The summed E-state index contributed by atoms with van der Waals surface area (Å²) in [5, 5.41) is 3.48. The molecule has 5 rings (SSSR count). The van der Waals surface area contributed by atoms with Gasteiger partial charge in [0.05, 0.1) is 17.2 Å². The van der Waals surface area contributed by atoms with Crippen molar-refractivity contribution in [2.45, 2.75) is 45.8 Å². The number of nitrogens with one attached hydrogen (secondary N) is 1. The van der Waals surface area contributed by atoms with E-state index >= 15 is 0 Å². The fourth-order valence-electron chi connectivity index (χ4n) is 4.62. The molecule has 0 saturated heterocycles. The molecule has 0 amide bonds. The minimum absolute atomic E-state index is 0.0691. The first-order valence-electron chi connectivity index (χ1n) is 11.6. The van der Waals surface area contributed by atoms with Gasteiger partial charge in [0.1, 0.15) is 23.3 Å². The van der Waals surface area contributed by atoms with Crippen LogP contribution in [0, 0.1) is 12.7 Å². The monoisotopic (exact) mass is 494 g/mol. The second-order valence-corrected chi connectivity index (χ2v) is 9.12. The van der Waals surface area contributed by atoms with Gasteiger partial charge >= 0.3 is 0 Å². The van der Waals surface area contributed by atoms with Gasteiger partial charge in [0.25, 0.3) is 6.43 Å². The molecule has 10 heteroatoms. The van der Waals surface area contributed by atoms with E-state index in [1.807, 2.05) is 6.07 Å². The van der Waals surface area contributed by atoms with Gasteiger partial charge in [-0.25, -0.2) is 23.1 Å². The minimum atomic E-state index is -2.92. The number of aromatic nitrogens is 4. The number of hydrogen-bond donors (Lipinski definition) is 1. The van der Waals surface area contributed by atoms with Gasteiger partial charge in [0, 0.05) is 48.6 Å². The topological polar surface area (TPSA) is 77.1 Å². The molecule has 3 aliphatic heterocycles. The molecule has 2 atom stereocenters. The fraction of sp³-hybridized carbons (Fsp3) is 0.308. The lowest BCUT2D eigenvalue weighted by Gasteiger charge is -2.18. The molecular weight excluding hydrogens is 469 g/mol. The van der Waals surface area contributed by atoms with E-state index in [1.165, 1.54) is 22.8 Å². The van der Waals surface area contributed by atoms with Crippen molar-refractivity contribution in [3.63, 3.8) is 0 Å². The van der Waals surface area contributed by atoms with Crippen molar-refractivity contribution in [2.24, 2.45) is 12.0 Å². The molecule has 186 valence electrons. The van der Waals surface area contributed by atoms with Crippen LogP contribution in [0.5, 0.6) is 0 Å². The molecule has 0 saturated carbocycles. The standard InChI is InChI=1S/C26H25F3N6O/c1-13-11-35-25(30-13)19(16-8-9-21(36)34(4)12-16)10-20-24(32-15(3)33-26(20)35)31-14(2)17-6-5-7-18(22(17)27)23(28)29/h5-10,12-14,23,30H,11H2,1-4H3/t13?,14-/m1/s1. The Morgan fingerprint density at radius 1 is 1.14 bits per heavy atom. The molecule has 0 fully saturated rings. The van der Waals surface area contributed by atoms with Gasteiger partial charge in [-0.2, -0.15) is 0 Å². The van der Waals surface area contributed by atoms with E-state index in [1.54, 1.807) is 33.2 Å². The second-order valence-electron chi connectivity index (χ2n) is 9.12. The van der Waals surface area contributed by atoms with Crippen molar-refractivity contribution in [3.05, 3.63) is 81.2 Å². The molecule has 3 aliphatic rings. The molecule has 1 N–H and O–H groups in total. The summed E-state index contributed by atoms with van der Waals surface area (Å²) in [6.45, 7) is 6.11. The molecule has 7 nitrogen and oxygen atoms in total. The zero-order chi connectivity index (χ0) is 25.7. The first-order valence-corrected chi connectivity index (χ1v) is 11.6. The first kappa shape index (κ1) is 23.8. The predicted molar refractivity (Wildman–Crippen MR) is 130 cm³/mol. The Balaban J connectivity index is 1.75. The Labute approximate surface area is 205 Å². The maximum atomic E-state index is 14.8. The summed E-state index contributed by atoms with van der Waals surface area (Å²) in [6, 6.07) is 8.49. The third-order valence-corrected chi connectivity index (χ3v) is 6.38. The second kappa shape index (κ2) is 8.92. The van der Waals surface area contributed by atoms with E-state index in [0.717, 1.165) is 23.0 Å². The third kappa shape index (κ3) is 4.06. The van der Waals surface area contributed by atoms with Gasteiger partial charge in [0.15, 0.2) is 5.49 Å². The Morgan fingerprint density at radius 2 is 1.89 bits per heavy atom. The molecule has 0 spiro atoms. The molecule has 0 aliphatic carbocycles. The van der Waals surface area contributed by atoms with Gasteiger partial charge in [-0.1, -0.05) is 18.2 Å². The van der Waals surface area contributed by atoms with E-state index in [0.29, 0.717) is 29.2 Å². The van der Waals surface area contributed by atoms with E-state index in [9.17, 15) is 18.0 Å². The summed E-state index contributed by atoms with van der Waals surface area (Å²) in [5.41, 5.74) is 1.93. The van der Waals surface area contributed by atoms with Crippen LogP contribution < -0.4 is 16.4 Å². The lowest BCUT2D eigenvalue weighted by Crippen LogP contribution is -2.21. The van der Waals surface area contributed by atoms with Gasteiger partial charge in [-0.15, -0.1) is 0 Å². The van der Waals surface area contributed by atoms with E-state index < -0.39 is 23.8 Å². The number of benzene rings is 1. The molecular formula is C26H25F3N6O. The van der Waals surface area contributed by atoms with Crippen LogP contribution in [0.4, 0.5) is 19.0 Å². The quantitative estimate of drug-likeness (QED) is 0.450. The molecule has 1 aromatic carbocycles. The number of anilines is 1. The smallest absolute Gasteiger partial charge is 0.266 e. The van der Waals surface area contributed by atoms with Crippen LogP contribution in [0.3, 0.4) is 0 Å². The van der Waals surface area contributed by atoms with Crippen LogP contribution in [-0.2, 0) is 13.6 Å². The van der Waals surface area contributed by atoms with E-state index in [4.69, 9.17) is 0 Å². The maximum Gasteiger partial charge on any atom is 0.266 e. The molecule has 1 unspecified atom stereocenters. The van der Waals surface area contributed by atoms with Crippen molar-refractivity contribution < 1.29 is 13.2 Å². The van der Waals surface area contributed by atoms with Crippen LogP contribution >= 0.6 is 0 Å². The molecule has 4 heterocycles. The zero-order valence-electron chi connectivity index (χ0n) is 20.3. The highest BCUT2D eigenvalue weighted by Crippen LogP contribution is 2.37. The Hall–Kier alpha value is -3.95. The van der Waals surface area contributed by atoms with Gasteiger partial charge in [-0.3, -0.25) is 9.79 Å². The summed E-state index contributed by atoms with van der Waals surface area (Å²) in [7, 11) is 1.69. The van der Waals surface area contributed by atoms with Crippen molar-refractivity contribution in [2.75, 3.05) is 5.32 Å². The number of alkyl halides is 2. The summed E-state index contributed by atoms with van der Waals surface area (Å²) in [4.78, 5) is 25.8. The highest BCUT2D eigenvalue weighted by Gasteiger charge is 2.27. The number of hydrogen-bond acceptors (Lipinski definition) is 5. The lowest BCUT2D eigenvalue weighted by atomic mass is 10.0. The number of halogens is 3. The minimum Gasteiger partial charge on any atom is -0.367 e. The molecule has 0 bridgehead atoms. The average molecular weight is 495 g/mol. The van der Waals surface area contributed by atoms with Crippen molar-refractivity contribution in [1.82, 2.24) is 19.1 Å². The van der Waals surface area contributed by atoms with E-state index in [2.05, 4.69) is 31.8 Å².